The average molecular weight is 370 g/mol. The van der Waals surface area contributed by atoms with Crippen molar-refractivity contribution in [1.29, 1.82) is 0 Å². The van der Waals surface area contributed by atoms with Crippen molar-refractivity contribution in [1.82, 2.24) is 0 Å². The smallest absolute Gasteiger partial charge is 0.171 e. The number of aromatic nitrogens is 1. The third-order valence-corrected chi connectivity index (χ3v) is 4.28. The first-order valence-corrected chi connectivity index (χ1v) is 9.28. The lowest BCUT2D eigenvalue weighted by Crippen LogP contribution is -3.00. The van der Waals surface area contributed by atoms with Crippen LogP contribution >= 0.6 is 0 Å². The molecule has 1 aromatic heterocycles. The molecule has 22 heavy (non-hydrogen) atoms. The molecule has 0 aliphatic carbocycles. The van der Waals surface area contributed by atoms with Gasteiger partial charge < -0.3 is 17.0 Å². The fourth-order valence-corrected chi connectivity index (χ4v) is 2.93. The Hall–Kier alpha value is -0.370. The van der Waals surface area contributed by atoms with Crippen LogP contribution in [-0.4, -0.2) is 0 Å². The molecule has 0 amide bonds. The standard InChI is InChI=1S/C20H36N.BrH/c1-3-4-5-6-7-8-9-10-11-12-13-14-17-21-18-15-16-20(2)19-21;/h15-16,18-19H,3-14,17H2,1-2H3;1H/q+1;/p-1. The lowest BCUT2D eigenvalue weighted by Gasteiger charge is -2.02. The first kappa shape index (κ1) is 21.6. The monoisotopic (exact) mass is 369 g/mol. The molecule has 1 heterocycles. The maximum Gasteiger partial charge on any atom is 0.171 e. The zero-order valence-electron chi connectivity index (χ0n) is 14.8. The number of pyridine rings is 1. The summed E-state index contributed by atoms with van der Waals surface area (Å²) in [5.41, 5.74) is 1.36. The number of rotatable bonds is 13. The van der Waals surface area contributed by atoms with Gasteiger partial charge in [-0.3, -0.25) is 0 Å². The van der Waals surface area contributed by atoms with E-state index in [0.29, 0.717) is 0 Å². The van der Waals surface area contributed by atoms with Crippen molar-refractivity contribution in [3.8, 4) is 0 Å². The molecule has 0 bridgehead atoms. The molecule has 0 saturated carbocycles. The van der Waals surface area contributed by atoms with Gasteiger partial charge in [-0.15, -0.1) is 0 Å². The van der Waals surface area contributed by atoms with Crippen LogP contribution in [0.25, 0.3) is 0 Å². The number of aryl methyl sites for hydroxylation is 2. The zero-order valence-corrected chi connectivity index (χ0v) is 16.4. The molecular formula is C20H36BrN. The van der Waals surface area contributed by atoms with E-state index in [1.807, 2.05) is 0 Å². The van der Waals surface area contributed by atoms with Gasteiger partial charge in [-0.1, -0.05) is 71.1 Å². The quantitative estimate of drug-likeness (QED) is 0.371. The maximum atomic E-state index is 2.33. The molecule has 2 heteroatoms. The topological polar surface area (TPSA) is 3.88 Å². The lowest BCUT2D eigenvalue weighted by atomic mass is 10.1. The fraction of sp³-hybridized carbons (Fsp3) is 0.750. The molecule has 0 atom stereocenters. The van der Waals surface area contributed by atoms with Gasteiger partial charge in [0.25, 0.3) is 0 Å². The first-order valence-electron chi connectivity index (χ1n) is 9.28. The number of halogens is 1. The van der Waals surface area contributed by atoms with Crippen LogP contribution in [0.2, 0.25) is 0 Å². The van der Waals surface area contributed by atoms with Crippen molar-refractivity contribution < 1.29 is 21.5 Å². The summed E-state index contributed by atoms with van der Waals surface area (Å²) in [7, 11) is 0. The van der Waals surface area contributed by atoms with E-state index in [1.54, 1.807) is 0 Å². The Bertz CT molecular complexity index is 351. The minimum atomic E-state index is 0. The summed E-state index contributed by atoms with van der Waals surface area (Å²) in [4.78, 5) is 0. The van der Waals surface area contributed by atoms with Crippen LogP contribution in [0.5, 0.6) is 0 Å². The van der Waals surface area contributed by atoms with Gasteiger partial charge in [-0.2, -0.15) is 0 Å². The van der Waals surface area contributed by atoms with E-state index in [0.717, 1.165) is 0 Å². The Morgan fingerprint density at radius 2 is 1.27 bits per heavy atom. The van der Waals surface area contributed by atoms with Crippen LogP contribution in [-0.2, 0) is 6.54 Å². The van der Waals surface area contributed by atoms with Gasteiger partial charge in [0.2, 0.25) is 0 Å². The fourth-order valence-electron chi connectivity index (χ4n) is 2.93. The molecule has 0 unspecified atom stereocenters. The van der Waals surface area contributed by atoms with E-state index >= 15 is 0 Å². The predicted molar refractivity (Wildman–Crippen MR) is 92.5 cm³/mol. The highest BCUT2D eigenvalue weighted by Gasteiger charge is 1.99. The second-order valence-corrected chi connectivity index (χ2v) is 6.51. The Morgan fingerprint density at radius 1 is 0.773 bits per heavy atom. The molecule has 0 aromatic carbocycles. The van der Waals surface area contributed by atoms with Crippen molar-refractivity contribution in [2.45, 2.75) is 97.4 Å². The largest absolute Gasteiger partial charge is 1.00 e. The molecule has 0 spiro atoms. The van der Waals surface area contributed by atoms with Gasteiger partial charge in [0.05, 0.1) is 0 Å². The summed E-state index contributed by atoms with van der Waals surface area (Å²) in [6, 6.07) is 4.31. The van der Waals surface area contributed by atoms with E-state index in [-0.39, 0.29) is 17.0 Å². The molecule has 1 aromatic rings. The molecule has 0 fully saturated rings. The van der Waals surface area contributed by atoms with Gasteiger partial charge in [0, 0.05) is 18.1 Å². The molecule has 0 saturated heterocycles. The number of unbranched alkanes of at least 4 members (excludes halogenated alkanes) is 11. The van der Waals surface area contributed by atoms with Crippen LogP contribution in [0.4, 0.5) is 0 Å². The van der Waals surface area contributed by atoms with Crippen molar-refractivity contribution >= 4 is 0 Å². The third kappa shape index (κ3) is 12.2. The van der Waals surface area contributed by atoms with Gasteiger partial charge >= 0.3 is 0 Å². The first-order chi connectivity index (χ1) is 10.3. The van der Waals surface area contributed by atoms with E-state index in [1.165, 1.54) is 89.2 Å². The second-order valence-electron chi connectivity index (χ2n) is 6.51. The maximum absolute atomic E-state index is 2.33. The van der Waals surface area contributed by atoms with Gasteiger partial charge in [0.1, 0.15) is 6.54 Å². The highest BCUT2D eigenvalue weighted by molar-refractivity contribution is 5.01. The van der Waals surface area contributed by atoms with E-state index < -0.39 is 0 Å². The summed E-state index contributed by atoms with van der Waals surface area (Å²) < 4.78 is 2.33. The van der Waals surface area contributed by atoms with Crippen LogP contribution in [0.3, 0.4) is 0 Å². The summed E-state index contributed by atoms with van der Waals surface area (Å²) >= 11 is 0. The second kappa shape index (κ2) is 15.5. The molecule has 0 N–H and O–H groups in total. The normalized spacial score (nSPS) is 10.5. The highest BCUT2D eigenvalue weighted by Crippen LogP contribution is 2.11. The lowest BCUT2D eigenvalue weighted by molar-refractivity contribution is -0.697. The Kier molecular flexibility index (Phi) is 15.3. The Labute approximate surface area is 149 Å². The minimum Gasteiger partial charge on any atom is -1.00 e. The summed E-state index contributed by atoms with van der Waals surface area (Å²) in [6.45, 7) is 5.63. The van der Waals surface area contributed by atoms with Crippen molar-refractivity contribution in [3.05, 3.63) is 30.1 Å². The Morgan fingerprint density at radius 3 is 1.77 bits per heavy atom. The van der Waals surface area contributed by atoms with Gasteiger partial charge in [-0.05, 0) is 19.4 Å². The van der Waals surface area contributed by atoms with Crippen LogP contribution in [0.15, 0.2) is 24.5 Å². The molecule has 1 rings (SSSR count). The van der Waals surface area contributed by atoms with Crippen molar-refractivity contribution in [3.63, 3.8) is 0 Å². The minimum absolute atomic E-state index is 0. The highest BCUT2D eigenvalue weighted by atomic mass is 79.9. The van der Waals surface area contributed by atoms with E-state index in [4.69, 9.17) is 0 Å². The predicted octanol–water partition coefficient (Wildman–Crippen LogP) is 2.99. The van der Waals surface area contributed by atoms with Crippen LogP contribution in [0, 0.1) is 6.92 Å². The van der Waals surface area contributed by atoms with Crippen molar-refractivity contribution in [2.24, 2.45) is 0 Å². The van der Waals surface area contributed by atoms with E-state index in [2.05, 4.69) is 42.9 Å². The number of nitrogens with zero attached hydrogens (tertiary/aromatic N) is 1. The third-order valence-electron chi connectivity index (χ3n) is 4.28. The van der Waals surface area contributed by atoms with Crippen molar-refractivity contribution in [2.75, 3.05) is 0 Å². The average Bonchev–Trinajstić information content (AvgIpc) is 2.48. The molecule has 1 nitrogen and oxygen atoms in total. The zero-order chi connectivity index (χ0) is 15.2. The number of hydrogen-bond donors (Lipinski definition) is 0. The molecule has 0 radical (unpaired) electrons. The molecular weight excluding hydrogens is 334 g/mol. The summed E-state index contributed by atoms with van der Waals surface area (Å²) in [6.07, 6.45) is 21.5. The van der Waals surface area contributed by atoms with Gasteiger partial charge in [-0.25, -0.2) is 4.57 Å². The summed E-state index contributed by atoms with van der Waals surface area (Å²) in [5.74, 6) is 0. The van der Waals surface area contributed by atoms with Crippen LogP contribution < -0.4 is 21.5 Å². The van der Waals surface area contributed by atoms with Gasteiger partial charge in [0.15, 0.2) is 12.4 Å². The summed E-state index contributed by atoms with van der Waals surface area (Å²) in [5, 5.41) is 0. The van der Waals surface area contributed by atoms with Crippen LogP contribution in [0.1, 0.15) is 89.5 Å². The Balaban J connectivity index is 0.00000441. The van der Waals surface area contributed by atoms with E-state index in [9.17, 15) is 0 Å². The molecule has 0 aliphatic heterocycles. The SMILES string of the molecule is CCCCCCCCCCCCCC[n+]1cccc(C)c1.[Br-]. The number of hydrogen-bond acceptors (Lipinski definition) is 0. The molecule has 128 valence electrons. The molecule has 0 aliphatic rings.